The van der Waals surface area contributed by atoms with Crippen molar-refractivity contribution in [2.75, 3.05) is 12.3 Å². The maximum Gasteiger partial charge on any atom is 1.00 e. The number of ether oxygens (including phenoxy) is 1. The third-order valence-electron chi connectivity index (χ3n) is 3.22. The molecule has 3 N–H and O–H groups in total. The zero-order valence-electron chi connectivity index (χ0n) is 17.7. The Kier molecular flexibility index (Phi) is 17.6. The molecule has 24 heteroatoms. The predicted molar refractivity (Wildman–Crippen MR) is 78.7 cm³/mol. The summed E-state index contributed by atoms with van der Waals surface area (Å²) in [5.74, 6) is -0.186. The summed E-state index contributed by atoms with van der Waals surface area (Å²) in [4.78, 5) is 58.0. The molecule has 6 atom stereocenters. The summed E-state index contributed by atoms with van der Waals surface area (Å²) in [6, 6.07) is 1.11. The Balaban J connectivity index is -0.00000225. The molecule has 166 valence electrons. The molecule has 33 heavy (non-hydrogen) atoms. The topological polar surface area (TPSA) is 262 Å². The first kappa shape index (κ1) is 38.9. The molecule has 0 amide bonds. The van der Waals surface area contributed by atoms with E-state index in [-0.39, 0.29) is 81.3 Å². The Morgan fingerprint density at radius 3 is 2.15 bits per heavy atom. The monoisotopic (exact) mass is 509 g/mol. The van der Waals surface area contributed by atoms with Crippen LogP contribution in [0.5, 0.6) is 0 Å². The van der Waals surface area contributed by atoms with Gasteiger partial charge < -0.3 is 44.2 Å². The molecule has 0 saturated carbocycles. The van der Waals surface area contributed by atoms with Gasteiger partial charge >= 0.3 is 81.1 Å². The van der Waals surface area contributed by atoms with Crippen LogP contribution < -0.4 is 106 Å². The SMILES string of the molecule is Nc1ccn([C@@H]2O[C@H](COP(=O)([O-])OP(=O)([O-])OP(=O)([O-])[O-])C(O)[C@@H]2F)c(=O)n1.[Li+].[Li+].[Li+].[Li+]. The molecule has 1 saturated heterocycles. The van der Waals surface area contributed by atoms with Gasteiger partial charge in [-0.1, -0.05) is 0 Å². The van der Waals surface area contributed by atoms with Gasteiger partial charge in [-0.05, 0) is 6.07 Å². The molecule has 3 unspecified atom stereocenters. The van der Waals surface area contributed by atoms with Crippen LogP contribution in [0, 0.1) is 0 Å². The summed E-state index contributed by atoms with van der Waals surface area (Å²) in [5.41, 5.74) is 4.23. The van der Waals surface area contributed by atoms with Crippen LogP contribution in [0.1, 0.15) is 6.23 Å². The zero-order valence-corrected chi connectivity index (χ0v) is 20.4. The normalized spacial score (nSPS) is 25.8. The fourth-order valence-electron chi connectivity index (χ4n) is 2.13. The number of aromatic nitrogens is 2. The van der Waals surface area contributed by atoms with E-state index in [2.05, 4.69) is 18.1 Å². The minimum atomic E-state index is -6.18. The van der Waals surface area contributed by atoms with Crippen molar-refractivity contribution in [3.63, 3.8) is 0 Å². The number of nitrogen functional groups attached to an aromatic ring is 1. The van der Waals surface area contributed by atoms with Gasteiger partial charge in [0.15, 0.2) is 12.4 Å². The number of aliphatic hydroxyl groups is 1. The van der Waals surface area contributed by atoms with Crippen LogP contribution in [0.25, 0.3) is 0 Å². The molecule has 0 aromatic carbocycles. The van der Waals surface area contributed by atoms with Crippen molar-refractivity contribution < 1.29 is 136 Å². The second-order valence-electron chi connectivity index (χ2n) is 5.34. The van der Waals surface area contributed by atoms with E-state index < -0.39 is 60.4 Å². The Morgan fingerprint density at radius 2 is 1.67 bits per heavy atom. The molecule has 1 fully saturated rings. The standard InChI is InChI=1S/C9H15FN3O13P3.4Li/c10-6-7(14)4(24-8(6)13-2-1-5(11)12-9(13)15)3-23-28(19,20)26-29(21,22)25-27(16,17)18;;;;/h1-2,4,6-8,14H,3H2,(H,19,20)(H,21,22)(H2,11,12,15)(H2,16,17,18);;;;/q;4*+1/p-4/t4-,6+,7?,8-;;;;/m1..../s1. The Morgan fingerprint density at radius 1 is 1.12 bits per heavy atom. The minimum Gasteiger partial charge on any atom is -0.790 e. The number of halogens is 1. The first-order valence-corrected chi connectivity index (χ1v) is 11.5. The molecule has 1 aliphatic heterocycles. The fraction of sp³-hybridized carbons (Fsp3) is 0.556. The van der Waals surface area contributed by atoms with Gasteiger partial charge in [0.1, 0.15) is 18.0 Å². The minimum absolute atomic E-state index is 0. The van der Waals surface area contributed by atoms with E-state index in [0.717, 1.165) is 12.3 Å². The van der Waals surface area contributed by atoms with Gasteiger partial charge in [0.25, 0.3) is 15.6 Å². The van der Waals surface area contributed by atoms with E-state index in [9.17, 15) is 47.6 Å². The summed E-state index contributed by atoms with van der Waals surface area (Å²) >= 11 is 0. The average molecular weight is 509 g/mol. The van der Waals surface area contributed by atoms with Crippen LogP contribution in [0.4, 0.5) is 10.2 Å². The van der Waals surface area contributed by atoms with Gasteiger partial charge in [-0.15, -0.1) is 0 Å². The maximum absolute atomic E-state index is 14.2. The molecule has 16 nitrogen and oxygen atoms in total. The number of alkyl halides is 1. The van der Waals surface area contributed by atoms with Crippen LogP contribution in [-0.2, 0) is 31.6 Å². The van der Waals surface area contributed by atoms with Gasteiger partial charge in [0, 0.05) is 6.20 Å². The average Bonchev–Trinajstić information content (AvgIpc) is 2.78. The molecular formula is C9H11FLi4N3O13P3. The van der Waals surface area contributed by atoms with Crippen LogP contribution >= 0.6 is 23.5 Å². The van der Waals surface area contributed by atoms with Crippen molar-refractivity contribution in [1.82, 2.24) is 9.55 Å². The Hall–Kier alpha value is 1.33. The van der Waals surface area contributed by atoms with Crippen LogP contribution in [0.3, 0.4) is 0 Å². The fourth-order valence-corrected chi connectivity index (χ4v) is 5.00. The molecule has 0 bridgehead atoms. The summed E-state index contributed by atoms with van der Waals surface area (Å²) in [6.45, 7) is -1.22. The first-order valence-electron chi connectivity index (χ1n) is 7.14. The van der Waals surface area contributed by atoms with Crippen molar-refractivity contribution in [2.24, 2.45) is 0 Å². The molecular weight excluding hydrogens is 498 g/mol. The number of aliphatic hydroxyl groups excluding tert-OH is 1. The van der Waals surface area contributed by atoms with Gasteiger partial charge in [-0.25, -0.2) is 13.5 Å². The van der Waals surface area contributed by atoms with E-state index in [0.29, 0.717) is 4.57 Å². The van der Waals surface area contributed by atoms with Crippen LogP contribution in [0.15, 0.2) is 17.1 Å². The van der Waals surface area contributed by atoms with Gasteiger partial charge in [0.05, 0.1) is 14.4 Å². The van der Waals surface area contributed by atoms with Gasteiger partial charge in [-0.3, -0.25) is 18.0 Å². The van der Waals surface area contributed by atoms with E-state index >= 15 is 0 Å². The quantitative estimate of drug-likeness (QED) is 0.244. The van der Waals surface area contributed by atoms with Crippen LogP contribution in [-0.4, -0.2) is 39.6 Å². The van der Waals surface area contributed by atoms with E-state index in [1.807, 2.05) is 0 Å². The van der Waals surface area contributed by atoms with E-state index in [4.69, 9.17) is 10.5 Å². The van der Waals surface area contributed by atoms with Gasteiger partial charge in [0.2, 0.25) is 0 Å². The van der Waals surface area contributed by atoms with Crippen molar-refractivity contribution >= 4 is 29.3 Å². The molecule has 1 aromatic heterocycles. The number of anilines is 1. The molecule has 0 radical (unpaired) electrons. The van der Waals surface area contributed by atoms with Crippen molar-refractivity contribution in [2.45, 2.75) is 24.6 Å². The second-order valence-corrected chi connectivity index (χ2v) is 9.59. The summed E-state index contributed by atoms with van der Waals surface area (Å²) in [5, 5.41) is 9.78. The molecule has 2 rings (SSSR count). The third-order valence-corrected chi connectivity index (χ3v) is 6.88. The number of phosphoric ester groups is 1. The molecule has 1 aliphatic rings. The van der Waals surface area contributed by atoms with Crippen molar-refractivity contribution in [1.29, 1.82) is 0 Å². The Bertz CT molecular complexity index is 969. The van der Waals surface area contributed by atoms with E-state index in [1.54, 1.807) is 0 Å². The van der Waals surface area contributed by atoms with Gasteiger partial charge in [-0.2, -0.15) is 4.98 Å². The molecule has 0 spiro atoms. The summed E-state index contributed by atoms with van der Waals surface area (Å²) in [7, 11) is -18.2. The summed E-state index contributed by atoms with van der Waals surface area (Å²) in [6.07, 6.45) is -6.81. The number of rotatable bonds is 8. The number of nitrogens with zero attached hydrogens (tertiary/aromatic N) is 2. The number of phosphoric acid groups is 3. The molecule has 2 heterocycles. The van der Waals surface area contributed by atoms with E-state index in [1.165, 1.54) is 0 Å². The number of hydrogen-bond donors (Lipinski definition) is 2. The van der Waals surface area contributed by atoms with Crippen molar-refractivity contribution in [3.8, 4) is 0 Å². The molecule has 0 aliphatic carbocycles. The largest absolute Gasteiger partial charge is 1.00 e. The second kappa shape index (κ2) is 14.9. The number of hydrogen-bond acceptors (Lipinski definition) is 15. The smallest absolute Gasteiger partial charge is 0.790 e. The Labute approximate surface area is 233 Å². The third kappa shape index (κ3) is 11.9. The summed E-state index contributed by atoms with van der Waals surface area (Å²) < 4.78 is 62.9. The predicted octanol–water partition coefficient (Wildman–Crippen LogP) is -15.7. The van der Waals surface area contributed by atoms with Crippen molar-refractivity contribution in [3.05, 3.63) is 22.7 Å². The zero-order chi connectivity index (χ0) is 22.2. The maximum atomic E-state index is 14.2. The molecule has 1 aromatic rings. The number of nitrogens with two attached hydrogens (primary N) is 1. The van der Waals surface area contributed by atoms with Crippen LogP contribution in [0.2, 0.25) is 0 Å². The first-order chi connectivity index (χ1) is 13.1.